The van der Waals surface area contributed by atoms with Crippen LogP contribution in [0.1, 0.15) is 26.3 Å². The monoisotopic (exact) mass is 440 g/mol. The molecule has 0 spiro atoms. The minimum Gasteiger partial charge on any atom is -0.490 e. The zero-order valence-corrected chi connectivity index (χ0v) is 18.4. The average molecular weight is 440 g/mol. The van der Waals surface area contributed by atoms with Crippen LogP contribution < -0.4 is 9.64 Å². The van der Waals surface area contributed by atoms with Gasteiger partial charge in [0.15, 0.2) is 11.5 Å². The number of nitro benzene ring substituents is 1. The number of rotatable bonds is 4. The van der Waals surface area contributed by atoms with Gasteiger partial charge in [-0.2, -0.15) is 5.10 Å². The molecule has 2 saturated heterocycles. The number of allylic oxidation sites excluding steroid dienone is 1. The van der Waals surface area contributed by atoms with Gasteiger partial charge in [-0.1, -0.05) is 26.8 Å². The van der Waals surface area contributed by atoms with E-state index in [2.05, 4.69) is 5.10 Å². The number of ether oxygens (including phenoxy) is 1. The average Bonchev–Trinajstić information content (AvgIpc) is 3.19. The molecule has 0 unspecified atom stereocenters. The Morgan fingerprint density at radius 1 is 1.19 bits per heavy atom. The van der Waals surface area contributed by atoms with Crippen LogP contribution in [0, 0.1) is 34.3 Å². The number of Topliss-reactive ketones (excluding diaryl/α,β-unsaturated/α-hetero) is 1. The number of hydrogen-bond donors (Lipinski definition) is 0. The largest absolute Gasteiger partial charge is 0.490 e. The highest BCUT2D eigenvalue weighted by Gasteiger charge is 2.65. The second-order valence-electron chi connectivity index (χ2n) is 9.21. The van der Waals surface area contributed by atoms with Crippen molar-refractivity contribution >= 4 is 35.2 Å². The van der Waals surface area contributed by atoms with Crippen LogP contribution in [-0.2, 0) is 14.4 Å². The van der Waals surface area contributed by atoms with Gasteiger partial charge < -0.3 is 4.74 Å². The number of ketones is 1. The Labute approximate surface area is 184 Å². The minimum atomic E-state index is -0.903. The quantitative estimate of drug-likeness (QED) is 0.400. The third-order valence-corrected chi connectivity index (χ3v) is 6.23. The smallest absolute Gasteiger partial charge is 0.311 e. The third kappa shape index (κ3) is 3.01. The Morgan fingerprint density at radius 3 is 2.44 bits per heavy atom. The van der Waals surface area contributed by atoms with Gasteiger partial charge in [-0.25, -0.2) is 4.90 Å². The lowest BCUT2D eigenvalue weighted by Gasteiger charge is -2.33. The predicted molar refractivity (Wildman–Crippen MR) is 115 cm³/mol. The number of methoxy groups -OCH3 is 1. The summed E-state index contributed by atoms with van der Waals surface area (Å²) in [7, 11) is 1.28. The van der Waals surface area contributed by atoms with E-state index in [0.717, 1.165) is 4.90 Å². The van der Waals surface area contributed by atoms with Crippen molar-refractivity contribution in [1.82, 2.24) is 5.01 Å². The number of hydrazone groups is 1. The molecule has 4 atom stereocenters. The fourth-order valence-corrected chi connectivity index (χ4v) is 4.73. The lowest BCUT2D eigenvalue weighted by atomic mass is 9.80. The third-order valence-electron chi connectivity index (χ3n) is 6.23. The summed E-state index contributed by atoms with van der Waals surface area (Å²) in [6, 6.07) is 1.20. The second kappa shape index (κ2) is 7.25. The molecular weight excluding hydrogens is 416 g/mol. The Hall–Kier alpha value is -3.56. The first-order valence-corrected chi connectivity index (χ1v) is 10.2. The lowest BCUT2D eigenvalue weighted by Crippen LogP contribution is -2.49. The van der Waals surface area contributed by atoms with E-state index < -0.39 is 46.1 Å². The van der Waals surface area contributed by atoms with Gasteiger partial charge in [-0.3, -0.25) is 29.5 Å². The molecule has 10 heteroatoms. The van der Waals surface area contributed by atoms with Gasteiger partial charge >= 0.3 is 5.69 Å². The van der Waals surface area contributed by atoms with Crippen LogP contribution >= 0.6 is 0 Å². The van der Waals surface area contributed by atoms with E-state index in [9.17, 15) is 24.5 Å². The highest BCUT2D eigenvalue weighted by atomic mass is 16.6. The topological polar surface area (TPSA) is 122 Å². The van der Waals surface area contributed by atoms with E-state index in [1.807, 2.05) is 0 Å². The highest BCUT2D eigenvalue weighted by molar-refractivity contribution is 6.24. The van der Waals surface area contributed by atoms with E-state index in [-0.39, 0.29) is 22.9 Å². The summed E-state index contributed by atoms with van der Waals surface area (Å²) < 4.78 is 5.13. The van der Waals surface area contributed by atoms with Gasteiger partial charge in [0, 0.05) is 23.8 Å². The molecule has 0 bridgehead atoms. The second-order valence-corrected chi connectivity index (χ2v) is 9.21. The standard InChI is InChI=1S/C22H24N4O6/c1-11-9-14(26(30)31)15(32-5)10-13(11)24-20(28)16-12-7-6-8-23-25(12)18(17(16)21(24)29)19(27)22(2,3)4/h6-10,12,16-18H,1-5H3/t12-,16-,17-,18+/m1/s1. The molecule has 32 heavy (non-hydrogen) atoms. The summed E-state index contributed by atoms with van der Waals surface area (Å²) >= 11 is 0. The van der Waals surface area contributed by atoms with E-state index in [1.54, 1.807) is 51.1 Å². The van der Waals surface area contributed by atoms with Crippen molar-refractivity contribution in [3.63, 3.8) is 0 Å². The summed E-state index contributed by atoms with van der Waals surface area (Å²) in [6.45, 7) is 6.90. The molecule has 3 aliphatic heterocycles. The molecular formula is C22H24N4O6. The number of nitro groups is 1. The van der Waals surface area contributed by atoms with Crippen LogP contribution in [0.4, 0.5) is 11.4 Å². The van der Waals surface area contributed by atoms with Crippen molar-refractivity contribution in [3.05, 3.63) is 40.0 Å². The molecule has 2 fully saturated rings. The van der Waals surface area contributed by atoms with Gasteiger partial charge in [0.25, 0.3) is 0 Å². The molecule has 168 valence electrons. The molecule has 0 radical (unpaired) electrons. The minimum absolute atomic E-state index is 0.0561. The molecule has 0 aromatic heterocycles. The molecule has 2 amide bonds. The van der Waals surface area contributed by atoms with Crippen LogP contribution in [0.25, 0.3) is 0 Å². The molecule has 3 aliphatic rings. The first-order valence-electron chi connectivity index (χ1n) is 10.2. The number of benzene rings is 1. The molecule has 1 aromatic carbocycles. The number of imide groups is 1. The molecule has 0 N–H and O–H groups in total. The van der Waals surface area contributed by atoms with Crippen LogP contribution in [0.2, 0.25) is 0 Å². The normalized spacial score (nSPS) is 26.4. The molecule has 4 rings (SSSR count). The van der Waals surface area contributed by atoms with Gasteiger partial charge in [0.1, 0.15) is 6.04 Å². The molecule has 1 aromatic rings. The SMILES string of the molecule is COc1cc(N2C(=O)[C@@H]3[C@H](C2=O)[C@H]2C=CC=NN2[C@@H]3C(=O)C(C)(C)C)c(C)cc1[N+](=O)[O-]. The first-order chi connectivity index (χ1) is 15.0. The summed E-state index contributed by atoms with van der Waals surface area (Å²) in [4.78, 5) is 52.3. The van der Waals surface area contributed by atoms with Crippen molar-refractivity contribution in [1.29, 1.82) is 0 Å². The number of carbonyl (C=O) groups excluding carboxylic acids is 3. The van der Waals surface area contributed by atoms with Crippen molar-refractivity contribution in [3.8, 4) is 5.75 Å². The van der Waals surface area contributed by atoms with Crippen LogP contribution in [0.3, 0.4) is 0 Å². The van der Waals surface area contributed by atoms with E-state index in [1.165, 1.54) is 19.2 Å². The Bertz CT molecular complexity index is 1100. The number of nitrogens with zero attached hydrogens (tertiary/aromatic N) is 4. The fraction of sp³-hybridized carbons (Fsp3) is 0.455. The summed E-state index contributed by atoms with van der Waals surface area (Å²) in [6.07, 6.45) is 5.01. The Balaban J connectivity index is 1.82. The van der Waals surface area contributed by atoms with E-state index in [0.29, 0.717) is 5.56 Å². The predicted octanol–water partition coefficient (Wildman–Crippen LogP) is 2.24. The van der Waals surface area contributed by atoms with E-state index >= 15 is 0 Å². The first kappa shape index (κ1) is 21.7. The number of aryl methyl sites for hydroxylation is 1. The summed E-state index contributed by atoms with van der Waals surface area (Å²) in [5.74, 6) is -2.89. The molecule has 0 aliphatic carbocycles. The zero-order chi connectivity index (χ0) is 23.5. The van der Waals surface area contributed by atoms with E-state index in [4.69, 9.17) is 4.74 Å². The number of carbonyl (C=O) groups is 3. The Morgan fingerprint density at radius 2 is 1.84 bits per heavy atom. The summed E-state index contributed by atoms with van der Waals surface area (Å²) in [5.41, 5.74) is -0.408. The van der Waals surface area contributed by atoms with Crippen LogP contribution in [0.5, 0.6) is 5.75 Å². The number of hydrogen-bond acceptors (Lipinski definition) is 8. The van der Waals surface area contributed by atoms with Gasteiger partial charge in [-0.05, 0) is 18.6 Å². The maximum atomic E-state index is 13.6. The molecule has 0 saturated carbocycles. The zero-order valence-electron chi connectivity index (χ0n) is 18.4. The van der Waals surface area contributed by atoms with Gasteiger partial charge in [0.2, 0.25) is 11.8 Å². The number of amides is 2. The maximum absolute atomic E-state index is 13.6. The Kier molecular flexibility index (Phi) is 4.91. The van der Waals surface area contributed by atoms with Crippen LogP contribution in [-0.4, -0.2) is 52.9 Å². The fourth-order valence-electron chi connectivity index (χ4n) is 4.73. The number of fused-ring (bicyclic) bond motifs is 3. The molecule has 3 heterocycles. The highest BCUT2D eigenvalue weighted by Crippen LogP contribution is 2.48. The molecule has 10 nitrogen and oxygen atoms in total. The van der Waals surface area contributed by atoms with Crippen molar-refractivity contribution in [2.24, 2.45) is 22.4 Å². The lowest BCUT2D eigenvalue weighted by molar-refractivity contribution is -0.385. The van der Waals surface area contributed by atoms with Crippen molar-refractivity contribution in [2.45, 2.75) is 39.8 Å². The van der Waals surface area contributed by atoms with Gasteiger partial charge in [-0.15, -0.1) is 0 Å². The summed E-state index contributed by atoms with van der Waals surface area (Å²) in [5, 5.41) is 17.2. The van der Waals surface area contributed by atoms with Crippen LogP contribution in [0.15, 0.2) is 29.4 Å². The van der Waals surface area contributed by atoms with Crippen molar-refractivity contribution < 1.29 is 24.0 Å². The van der Waals surface area contributed by atoms with Gasteiger partial charge in [0.05, 0.1) is 35.6 Å². The maximum Gasteiger partial charge on any atom is 0.311 e. The van der Waals surface area contributed by atoms with Crippen molar-refractivity contribution in [2.75, 3.05) is 12.0 Å². The number of anilines is 1.